The lowest BCUT2D eigenvalue weighted by Crippen LogP contribution is -2.28. The number of aromatic hydroxyl groups is 1. The molecule has 0 aromatic heterocycles. The zero-order valence-corrected chi connectivity index (χ0v) is 11.7. The van der Waals surface area contributed by atoms with Crippen molar-refractivity contribution in [1.82, 2.24) is 10.2 Å². The molecule has 0 radical (unpaired) electrons. The number of nitrogens with one attached hydrogen (secondary N) is 1. The molecule has 0 aliphatic rings. The molecular formula is C13H19ClN2O2. The first-order valence-electron chi connectivity index (χ1n) is 5.85. The van der Waals surface area contributed by atoms with Gasteiger partial charge in [0.05, 0.1) is 0 Å². The number of hydrogen-bond acceptors (Lipinski definition) is 3. The molecule has 0 saturated carbocycles. The second-order valence-corrected chi connectivity index (χ2v) is 4.72. The highest BCUT2D eigenvalue weighted by molar-refractivity contribution is 6.30. The molecule has 0 fully saturated rings. The highest BCUT2D eigenvalue weighted by Crippen LogP contribution is 2.30. The molecule has 5 heteroatoms. The van der Waals surface area contributed by atoms with E-state index in [0.717, 1.165) is 5.56 Å². The second-order valence-electron chi connectivity index (χ2n) is 4.28. The fourth-order valence-corrected chi connectivity index (χ4v) is 1.87. The summed E-state index contributed by atoms with van der Waals surface area (Å²) in [6.07, 6.45) is 0.429. The van der Waals surface area contributed by atoms with E-state index in [4.69, 9.17) is 11.6 Å². The highest BCUT2D eigenvalue weighted by atomic mass is 35.5. The molecule has 0 bridgehead atoms. The van der Waals surface area contributed by atoms with Crippen molar-refractivity contribution in [3.05, 3.63) is 28.8 Å². The molecule has 0 heterocycles. The minimum atomic E-state index is -0.00615. The van der Waals surface area contributed by atoms with Crippen LogP contribution in [-0.4, -0.2) is 36.6 Å². The van der Waals surface area contributed by atoms with Crippen LogP contribution >= 0.6 is 11.6 Å². The Balaban J connectivity index is 2.70. The number of hydrogen-bond donors (Lipinski definition) is 2. The van der Waals surface area contributed by atoms with Gasteiger partial charge in [-0.2, -0.15) is 0 Å². The number of benzene rings is 1. The number of phenols is 1. The van der Waals surface area contributed by atoms with Gasteiger partial charge in [-0.05, 0) is 32.2 Å². The van der Waals surface area contributed by atoms with Crippen LogP contribution in [0.15, 0.2) is 18.2 Å². The van der Waals surface area contributed by atoms with Gasteiger partial charge in [0.1, 0.15) is 5.75 Å². The molecule has 100 valence electrons. The van der Waals surface area contributed by atoms with Gasteiger partial charge >= 0.3 is 0 Å². The SMILES string of the molecule is CNC(=O)CCN(C)C(C)c1cc(Cl)ccc1O. The first kappa shape index (κ1) is 14.8. The number of carbonyl (C=O) groups excluding carboxylic acids is 1. The van der Waals surface area contributed by atoms with Crippen LogP contribution in [0, 0.1) is 0 Å². The summed E-state index contributed by atoms with van der Waals surface area (Å²) >= 11 is 5.92. The van der Waals surface area contributed by atoms with Crippen molar-refractivity contribution in [2.75, 3.05) is 20.6 Å². The van der Waals surface area contributed by atoms with E-state index in [1.165, 1.54) is 0 Å². The van der Waals surface area contributed by atoms with Crippen molar-refractivity contribution in [1.29, 1.82) is 0 Å². The third-order valence-corrected chi connectivity index (χ3v) is 3.31. The monoisotopic (exact) mass is 270 g/mol. The number of carbonyl (C=O) groups is 1. The molecule has 1 rings (SSSR count). The lowest BCUT2D eigenvalue weighted by atomic mass is 10.1. The molecule has 1 amide bonds. The van der Waals surface area contributed by atoms with Crippen LogP contribution in [-0.2, 0) is 4.79 Å². The Morgan fingerprint density at radius 2 is 2.22 bits per heavy atom. The third-order valence-electron chi connectivity index (χ3n) is 3.07. The zero-order chi connectivity index (χ0) is 13.7. The molecule has 1 aromatic rings. The third kappa shape index (κ3) is 3.89. The summed E-state index contributed by atoms with van der Waals surface area (Å²) < 4.78 is 0. The van der Waals surface area contributed by atoms with E-state index >= 15 is 0 Å². The largest absolute Gasteiger partial charge is 0.508 e. The predicted octanol–water partition coefficient (Wildman–Crippen LogP) is 2.17. The van der Waals surface area contributed by atoms with Crippen molar-refractivity contribution >= 4 is 17.5 Å². The van der Waals surface area contributed by atoms with Crippen LogP contribution in [0.3, 0.4) is 0 Å². The lowest BCUT2D eigenvalue weighted by molar-refractivity contribution is -0.120. The Morgan fingerprint density at radius 1 is 1.56 bits per heavy atom. The van der Waals surface area contributed by atoms with Gasteiger partial charge in [-0.15, -0.1) is 0 Å². The summed E-state index contributed by atoms with van der Waals surface area (Å²) in [7, 11) is 3.53. The Kier molecular flexibility index (Phi) is 5.44. The Labute approximate surface area is 113 Å². The summed E-state index contributed by atoms with van der Waals surface area (Å²) in [5.41, 5.74) is 0.766. The van der Waals surface area contributed by atoms with Crippen molar-refractivity contribution < 1.29 is 9.90 Å². The normalized spacial score (nSPS) is 12.5. The Morgan fingerprint density at radius 3 is 2.83 bits per heavy atom. The Hall–Kier alpha value is -1.26. The number of halogens is 1. The molecule has 1 unspecified atom stereocenters. The van der Waals surface area contributed by atoms with Gasteiger partial charge < -0.3 is 10.4 Å². The fourth-order valence-electron chi connectivity index (χ4n) is 1.69. The van der Waals surface area contributed by atoms with Gasteiger partial charge in [-0.1, -0.05) is 11.6 Å². The first-order valence-corrected chi connectivity index (χ1v) is 6.22. The number of amides is 1. The minimum absolute atomic E-state index is 0.00404. The average Bonchev–Trinajstić information content (AvgIpc) is 2.37. The van der Waals surface area contributed by atoms with Gasteiger partial charge in [0.25, 0.3) is 0 Å². The van der Waals surface area contributed by atoms with Crippen molar-refractivity contribution in [3.8, 4) is 5.75 Å². The number of phenolic OH excluding ortho intramolecular Hbond substituents is 1. The maximum Gasteiger partial charge on any atom is 0.221 e. The maximum atomic E-state index is 11.2. The van der Waals surface area contributed by atoms with Crippen LogP contribution in [0.4, 0.5) is 0 Å². The van der Waals surface area contributed by atoms with E-state index in [1.807, 2.05) is 18.9 Å². The first-order chi connectivity index (χ1) is 8.45. The van der Waals surface area contributed by atoms with E-state index in [1.54, 1.807) is 25.2 Å². The maximum absolute atomic E-state index is 11.2. The smallest absolute Gasteiger partial charge is 0.221 e. The fraction of sp³-hybridized carbons (Fsp3) is 0.462. The number of nitrogens with zero attached hydrogens (tertiary/aromatic N) is 1. The molecule has 1 aromatic carbocycles. The van der Waals surface area contributed by atoms with E-state index in [2.05, 4.69) is 5.32 Å². The van der Waals surface area contributed by atoms with Crippen LogP contribution in [0.1, 0.15) is 24.9 Å². The topological polar surface area (TPSA) is 52.6 Å². The quantitative estimate of drug-likeness (QED) is 0.862. The van der Waals surface area contributed by atoms with E-state index < -0.39 is 0 Å². The van der Waals surface area contributed by atoms with Gasteiger partial charge in [-0.25, -0.2) is 0 Å². The van der Waals surface area contributed by atoms with Crippen molar-refractivity contribution in [3.63, 3.8) is 0 Å². The summed E-state index contributed by atoms with van der Waals surface area (Å²) in [5.74, 6) is 0.225. The standard InChI is InChI=1S/C13H19ClN2O2/c1-9(16(3)7-6-13(18)15-2)11-8-10(14)4-5-12(11)17/h4-5,8-9,17H,6-7H2,1-3H3,(H,15,18). The Bertz CT molecular complexity index is 423. The molecule has 4 nitrogen and oxygen atoms in total. The summed E-state index contributed by atoms with van der Waals surface area (Å²) in [6, 6.07) is 4.98. The molecule has 18 heavy (non-hydrogen) atoms. The molecule has 0 saturated heterocycles. The highest BCUT2D eigenvalue weighted by Gasteiger charge is 2.16. The molecular weight excluding hydrogens is 252 g/mol. The summed E-state index contributed by atoms with van der Waals surface area (Å²) in [5, 5.41) is 13.0. The van der Waals surface area contributed by atoms with Crippen LogP contribution in [0.5, 0.6) is 5.75 Å². The molecule has 2 N–H and O–H groups in total. The second kappa shape index (κ2) is 6.61. The summed E-state index contributed by atoms with van der Waals surface area (Å²) in [6.45, 7) is 2.59. The zero-order valence-electron chi connectivity index (χ0n) is 10.9. The molecule has 1 atom stereocenters. The van der Waals surface area contributed by atoms with Crippen LogP contribution < -0.4 is 5.32 Å². The van der Waals surface area contributed by atoms with Crippen LogP contribution in [0.2, 0.25) is 5.02 Å². The van der Waals surface area contributed by atoms with Gasteiger partial charge in [0.2, 0.25) is 5.91 Å². The van der Waals surface area contributed by atoms with Crippen molar-refractivity contribution in [2.24, 2.45) is 0 Å². The average molecular weight is 271 g/mol. The minimum Gasteiger partial charge on any atom is -0.508 e. The van der Waals surface area contributed by atoms with Gasteiger partial charge in [0.15, 0.2) is 0 Å². The van der Waals surface area contributed by atoms with Crippen LogP contribution in [0.25, 0.3) is 0 Å². The van der Waals surface area contributed by atoms with Crippen molar-refractivity contribution in [2.45, 2.75) is 19.4 Å². The predicted molar refractivity (Wildman–Crippen MR) is 72.8 cm³/mol. The lowest BCUT2D eigenvalue weighted by Gasteiger charge is -2.25. The molecule has 0 aliphatic carbocycles. The number of rotatable bonds is 5. The van der Waals surface area contributed by atoms with E-state index in [-0.39, 0.29) is 17.7 Å². The summed E-state index contributed by atoms with van der Waals surface area (Å²) in [4.78, 5) is 13.2. The molecule has 0 spiro atoms. The molecule has 0 aliphatic heterocycles. The van der Waals surface area contributed by atoms with E-state index in [0.29, 0.717) is 18.0 Å². The van der Waals surface area contributed by atoms with E-state index in [9.17, 15) is 9.90 Å². The van der Waals surface area contributed by atoms with Gasteiger partial charge in [-0.3, -0.25) is 9.69 Å². The van der Waals surface area contributed by atoms with Gasteiger partial charge in [0, 0.05) is 36.6 Å².